The Morgan fingerprint density at radius 2 is 2.15 bits per heavy atom. The lowest BCUT2D eigenvalue weighted by molar-refractivity contribution is -0.172. The molecule has 0 aromatic carbocycles. The molecule has 3 N–H and O–H groups in total. The molecule has 0 aromatic heterocycles. The van der Waals surface area contributed by atoms with Crippen LogP contribution in [0, 0.1) is 5.92 Å². The average molecular weight is 189 g/mol. The molecule has 4 nitrogen and oxygen atoms in total. The molecule has 0 radical (unpaired) electrons. The zero-order valence-electron chi connectivity index (χ0n) is 8.54. The molecule has 0 aliphatic heterocycles. The molecule has 1 unspecified atom stereocenters. The van der Waals surface area contributed by atoms with E-state index in [1.54, 1.807) is 13.8 Å². The van der Waals surface area contributed by atoms with Crippen molar-refractivity contribution in [2.75, 3.05) is 6.61 Å². The lowest BCUT2D eigenvalue weighted by Crippen LogP contribution is -2.54. The summed E-state index contributed by atoms with van der Waals surface area (Å²) in [5.41, 5.74) is 4.07. The smallest absolute Gasteiger partial charge is 0.351 e. The molecule has 0 aliphatic carbocycles. The summed E-state index contributed by atoms with van der Waals surface area (Å²) >= 11 is 0. The van der Waals surface area contributed by atoms with Gasteiger partial charge in [-0.25, -0.2) is 4.79 Å². The second-order valence-corrected chi connectivity index (χ2v) is 3.45. The summed E-state index contributed by atoms with van der Waals surface area (Å²) in [5, 5.41) is 8.85. The van der Waals surface area contributed by atoms with Gasteiger partial charge >= 0.3 is 5.97 Å². The van der Waals surface area contributed by atoms with Gasteiger partial charge in [-0.2, -0.15) is 0 Å². The summed E-state index contributed by atoms with van der Waals surface area (Å²) in [6, 6.07) is 0. The van der Waals surface area contributed by atoms with Crippen LogP contribution in [0.5, 0.6) is 0 Å². The minimum atomic E-state index is -1.53. The maximum absolute atomic E-state index is 10.8. The van der Waals surface area contributed by atoms with Crippen molar-refractivity contribution in [2.24, 2.45) is 11.7 Å². The molecule has 0 bridgehead atoms. The van der Waals surface area contributed by atoms with Crippen LogP contribution in [0.3, 0.4) is 0 Å². The van der Waals surface area contributed by atoms with Gasteiger partial charge in [0.15, 0.2) is 0 Å². The minimum absolute atomic E-state index is 0.234. The van der Waals surface area contributed by atoms with E-state index in [1.807, 2.05) is 6.92 Å². The van der Waals surface area contributed by atoms with Gasteiger partial charge in [-0.1, -0.05) is 27.2 Å². The number of hydrogen-bond donors (Lipinski definition) is 2. The third-order valence-corrected chi connectivity index (χ3v) is 2.03. The van der Waals surface area contributed by atoms with Crippen molar-refractivity contribution in [3.63, 3.8) is 0 Å². The monoisotopic (exact) mass is 189 g/mol. The van der Waals surface area contributed by atoms with Crippen molar-refractivity contribution in [2.45, 2.75) is 39.3 Å². The Balaban J connectivity index is 4.17. The Kier molecular flexibility index (Phi) is 4.95. The van der Waals surface area contributed by atoms with E-state index in [0.717, 1.165) is 12.8 Å². The summed E-state index contributed by atoms with van der Waals surface area (Å²) in [7, 11) is 0. The number of hydrogen-bond acceptors (Lipinski definition) is 3. The van der Waals surface area contributed by atoms with Gasteiger partial charge < -0.3 is 9.84 Å². The number of carboxylic acid groups (broad SMARTS) is 1. The summed E-state index contributed by atoms with van der Waals surface area (Å²) < 4.78 is 5.17. The predicted octanol–water partition coefficient (Wildman–Crippen LogP) is 1.20. The molecule has 0 spiro atoms. The van der Waals surface area contributed by atoms with E-state index < -0.39 is 11.7 Å². The van der Waals surface area contributed by atoms with Crippen LogP contribution in [0.25, 0.3) is 0 Å². The number of ether oxygens (including phenoxy) is 1. The zero-order valence-corrected chi connectivity index (χ0v) is 8.54. The van der Waals surface area contributed by atoms with Gasteiger partial charge in [0.2, 0.25) is 5.72 Å². The van der Waals surface area contributed by atoms with E-state index in [2.05, 4.69) is 0 Å². The molecule has 78 valence electrons. The number of unbranched alkanes of at least 4 members (excludes halogenated alkanes) is 1. The van der Waals surface area contributed by atoms with Crippen LogP contribution in [0.2, 0.25) is 0 Å². The summed E-state index contributed by atoms with van der Waals surface area (Å²) in [4.78, 5) is 10.8. The fourth-order valence-corrected chi connectivity index (χ4v) is 0.861. The highest BCUT2D eigenvalue weighted by molar-refractivity contribution is 5.76. The average Bonchev–Trinajstić information content (AvgIpc) is 2.03. The van der Waals surface area contributed by atoms with Gasteiger partial charge in [-0.3, -0.25) is 5.73 Å². The molecule has 0 aromatic rings. The molecule has 13 heavy (non-hydrogen) atoms. The molecule has 0 fully saturated rings. The molecule has 0 saturated carbocycles. The highest BCUT2D eigenvalue weighted by atomic mass is 16.5. The first-order valence-electron chi connectivity index (χ1n) is 4.61. The van der Waals surface area contributed by atoms with Gasteiger partial charge in [0, 0.05) is 12.5 Å². The van der Waals surface area contributed by atoms with Gasteiger partial charge in [-0.15, -0.1) is 0 Å². The zero-order chi connectivity index (χ0) is 10.5. The largest absolute Gasteiger partial charge is 0.478 e. The predicted molar refractivity (Wildman–Crippen MR) is 50.3 cm³/mol. The topological polar surface area (TPSA) is 72.5 Å². The van der Waals surface area contributed by atoms with Crippen molar-refractivity contribution in [3.8, 4) is 0 Å². The van der Waals surface area contributed by atoms with Crippen molar-refractivity contribution in [3.05, 3.63) is 0 Å². The van der Waals surface area contributed by atoms with Crippen LogP contribution in [0.1, 0.15) is 33.6 Å². The van der Waals surface area contributed by atoms with E-state index in [4.69, 9.17) is 15.6 Å². The fraction of sp³-hybridized carbons (Fsp3) is 0.889. The summed E-state index contributed by atoms with van der Waals surface area (Å²) in [6.07, 6.45) is 1.80. The third kappa shape index (κ3) is 3.32. The minimum Gasteiger partial charge on any atom is -0.478 e. The van der Waals surface area contributed by atoms with Gasteiger partial charge in [0.25, 0.3) is 0 Å². The second-order valence-electron chi connectivity index (χ2n) is 3.45. The molecule has 4 heteroatoms. The number of rotatable bonds is 6. The van der Waals surface area contributed by atoms with Gasteiger partial charge in [0.1, 0.15) is 0 Å². The third-order valence-electron chi connectivity index (χ3n) is 2.03. The standard InChI is InChI=1S/C9H19NO3/c1-4-5-6-13-9(10,7(2)3)8(11)12/h7H,4-6,10H2,1-3H3,(H,11,12). The maximum atomic E-state index is 10.8. The molecule has 0 aliphatic rings. The van der Waals surface area contributed by atoms with Gasteiger partial charge in [0.05, 0.1) is 0 Å². The molecule has 0 heterocycles. The van der Waals surface area contributed by atoms with Crippen molar-refractivity contribution in [1.29, 1.82) is 0 Å². The van der Waals surface area contributed by atoms with Crippen LogP contribution in [-0.2, 0) is 9.53 Å². The van der Waals surface area contributed by atoms with Crippen LogP contribution in [-0.4, -0.2) is 23.4 Å². The van der Waals surface area contributed by atoms with E-state index >= 15 is 0 Å². The molecule has 0 rings (SSSR count). The Bertz CT molecular complexity index is 170. The normalized spacial score (nSPS) is 15.8. The highest BCUT2D eigenvalue weighted by Gasteiger charge is 2.38. The van der Waals surface area contributed by atoms with Gasteiger partial charge in [-0.05, 0) is 6.42 Å². The molecular weight excluding hydrogens is 170 g/mol. The number of nitrogens with two attached hydrogens (primary N) is 1. The Morgan fingerprint density at radius 1 is 1.62 bits per heavy atom. The van der Waals surface area contributed by atoms with Crippen LogP contribution < -0.4 is 5.73 Å². The lowest BCUT2D eigenvalue weighted by Gasteiger charge is -2.28. The molecule has 0 saturated heterocycles. The van der Waals surface area contributed by atoms with E-state index in [1.165, 1.54) is 0 Å². The number of carbonyl (C=O) groups is 1. The first-order valence-corrected chi connectivity index (χ1v) is 4.61. The van der Waals surface area contributed by atoms with Crippen LogP contribution >= 0.6 is 0 Å². The Hall–Kier alpha value is -0.610. The molecular formula is C9H19NO3. The summed E-state index contributed by atoms with van der Waals surface area (Å²) in [5.74, 6) is -1.33. The number of aliphatic carboxylic acids is 1. The van der Waals surface area contributed by atoms with E-state index in [0.29, 0.717) is 6.61 Å². The number of carboxylic acids is 1. The molecule has 0 amide bonds. The van der Waals surface area contributed by atoms with Crippen LogP contribution in [0.15, 0.2) is 0 Å². The SMILES string of the molecule is CCCCOC(N)(C(=O)O)C(C)C. The first-order chi connectivity index (χ1) is 5.95. The highest BCUT2D eigenvalue weighted by Crippen LogP contribution is 2.16. The first kappa shape index (κ1) is 12.4. The van der Waals surface area contributed by atoms with E-state index in [9.17, 15) is 4.79 Å². The second kappa shape index (κ2) is 5.19. The Morgan fingerprint density at radius 3 is 2.46 bits per heavy atom. The van der Waals surface area contributed by atoms with Crippen molar-refractivity contribution in [1.82, 2.24) is 0 Å². The fourth-order valence-electron chi connectivity index (χ4n) is 0.861. The Labute approximate surface area is 79.1 Å². The van der Waals surface area contributed by atoms with E-state index in [-0.39, 0.29) is 5.92 Å². The quantitative estimate of drug-likeness (QED) is 0.486. The van der Waals surface area contributed by atoms with Crippen molar-refractivity contribution >= 4 is 5.97 Å². The maximum Gasteiger partial charge on any atom is 0.351 e. The molecule has 1 atom stereocenters. The van der Waals surface area contributed by atoms with Crippen molar-refractivity contribution < 1.29 is 14.6 Å². The van der Waals surface area contributed by atoms with Crippen LogP contribution in [0.4, 0.5) is 0 Å². The lowest BCUT2D eigenvalue weighted by atomic mass is 10.0. The summed E-state index contributed by atoms with van der Waals surface area (Å²) in [6.45, 7) is 5.88.